The van der Waals surface area contributed by atoms with Crippen LogP contribution < -0.4 is 21.2 Å². The topological polar surface area (TPSA) is 0 Å². The van der Waals surface area contributed by atoms with Gasteiger partial charge in [-0.15, -0.1) is 0 Å². The molecule has 0 nitrogen and oxygen atoms in total. The number of hydrogen-bond acceptors (Lipinski definition) is 0. The molecule has 0 spiro atoms. The molecule has 4 rings (SSSR count). The van der Waals surface area contributed by atoms with Gasteiger partial charge in [-0.05, 0) is 48.5 Å². The highest BCUT2D eigenvalue weighted by Gasteiger charge is 2.44. The normalized spacial score (nSPS) is 11.2. The highest BCUT2D eigenvalue weighted by atomic mass is 31.2. The van der Waals surface area contributed by atoms with Gasteiger partial charge >= 0.3 is 0 Å². The largest absolute Gasteiger partial charge is 0.358 e. The van der Waals surface area contributed by atoms with E-state index in [0.717, 1.165) is 0 Å². The molecule has 166 valence electrons. The van der Waals surface area contributed by atoms with E-state index in [-0.39, 0.29) is 14.9 Å². The Morgan fingerprint density at radius 3 is 0.750 bits per heavy atom. The van der Waals surface area contributed by atoms with Crippen LogP contribution in [-0.2, 0) is 0 Å². The standard InChI is InChI=1S/C28H30P2.2CH3/c1-29(25-15-7-3-8-16-25,26-17-9-4-10-18-26)23-24-30(2,27-19-11-5-12-20-27)28-21-13-6-14-22-28;;/h3-22H,23-24H2,1-2H3;2*1H3/q+2;2*-1. The van der Waals surface area contributed by atoms with Crippen molar-refractivity contribution in [2.45, 2.75) is 0 Å². The maximum absolute atomic E-state index is 2.53. The van der Waals surface area contributed by atoms with Crippen LogP contribution in [0.1, 0.15) is 0 Å². The third kappa shape index (κ3) is 5.38. The summed E-state index contributed by atoms with van der Waals surface area (Å²) in [5, 5.41) is 6.01. The zero-order valence-electron chi connectivity index (χ0n) is 19.9. The molecule has 0 bridgehead atoms. The second-order valence-corrected chi connectivity index (χ2v) is 15.9. The molecule has 0 atom stereocenters. The molecule has 0 unspecified atom stereocenters. The molecule has 4 aromatic rings. The molecular weight excluding hydrogens is 422 g/mol. The van der Waals surface area contributed by atoms with Gasteiger partial charge in [-0.3, -0.25) is 0 Å². The second kappa shape index (κ2) is 11.6. The van der Waals surface area contributed by atoms with Crippen molar-refractivity contribution in [2.24, 2.45) is 0 Å². The Morgan fingerprint density at radius 1 is 0.375 bits per heavy atom. The number of benzene rings is 4. The third-order valence-corrected chi connectivity index (χ3v) is 14.6. The van der Waals surface area contributed by atoms with Crippen LogP contribution in [0.2, 0.25) is 0 Å². The van der Waals surface area contributed by atoms with Crippen molar-refractivity contribution in [2.75, 3.05) is 25.7 Å². The monoisotopic (exact) mass is 458 g/mol. The van der Waals surface area contributed by atoms with Crippen LogP contribution in [0, 0.1) is 14.9 Å². The predicted octanol–water partition coefficient (Wildman–Crippen LogP) is 6.48. The van der Waals surface area contributed by atoms with Crippen molar-refractivity contribution in [3.8, 4) is 0 Å². The van der Waals surface area contributed by atoms with E-state index in [0.29, 0.717) is 0 Å². The molecule has 0 aliphatic heterocycles. The van der Waals surface area contributed by atoms with Gasteiger partial charge in [-0.25, -0.2) is 0 Å². The summed E-state index contributed by atoms with van der Waals surface area (Å²) in [6, 6.07) is 44.7. The van der Waals surface area contributed by atoms with Crippen LogP contribution in [0.15, 0.2) is 121 Å². The fourth-order valence-electron chi connectivity index (χ4n) is 4.24. The van der Waals surface area contributed by atoms with E-state index in [4.69, 9.17) is 0 Å². The summed E-state index contributed by atoms with van der Waals surface area (Å²) in [5.41, 5.74) is 0. The van der Waals surface area contributed by atoms with E-state index < -0.39 is 14.5 Å². The Labute approximate surface area is 197 Å². The fraction of sp³-hybridized carbons (Fsp3) is 0.133. The van der Waals surface area contributed by atoms with E-state index in [2.05, 4.69) is 135 Å². The van der Waals surface area contributed by atoms with Crippen molar-refractivity contribution in [1.29, 1.82) is 0 Å². The molecule has 2 heteroatoms. The van der Waals surface area contributed by atoms with Gasteiger partial charge in [0, 0.05) is 0 Å². The fourth-order valence-corrected chi connectivity index (χ4v) is 12.4. The molecule has 0 heterocycles. The molecule has 0 saturated heterocycles. The SMILES string of the molecule is C[P+](CC[P+](C)(c1ccccc1)c1ccccc1)(c1ccccc1)c1ccccc1.[CH3-].[CH3-]. The van der Waals surface area contributed by atoms with Crippen LogP contribution in [0.3, 0.4) is 0 Å². The average Bonchev–Trinajstić information content (AvgIpc) is 2.84. The van der Waals surface area contributed by atoms with Gasteiger partial charge in [0.25, 0.3) is 0 Å². The van der Waals surface area contributed by atoms with Crippen molar-refractivity contribution in [3.05, 3.63) is 136 Å². The molecule has 0 aromatic heterocycles. The lowest BCUT2D eigenvalue weighted by molar-refractivity contribution is 1.46. The molecule has 0 fully saturated rings. The molecule has 0 N–H and O–H groups in total. The van der Waals surface area contributed by atoms with Gasteiger partial charge in [0.15, 0.2) is 0 Å². The first-order valence-electron chi connectivity index (χ1n) is 10.6. The maximum Gasteiger partial charge on any atom is 0.103 e. The highest BCUT2D eigenvalue weighted by Crippen LogP contribution is 2.60. The van der Waals surface area contributed by atoms with Gasteiger partial charge in [-0.2, -0.15) is 0 Å². The molecule has 0 aliphatic carbocycles. The minimum absolute atomic E-state index is 0. The van der Waals surface area contributed by atoms with E-state index in [1.54, 1.807) is 0 Å². The first kappa shape index (κ1) is 26.0. The molecule has 0 saturated carbocycles. The van der Waals surface area contributed by atoms with E-state index >= 15 is 0 Å². The van der Waals surface area contributed by atoms with Crippen molar-refractivity contribution >= 4 is 35.7 Å². The maximum atomic E-state index is 2.53. The van der Waals surface area contributed by atoms with Crippen molar-refractivity contribution < 1.29 is 0 Å². The summed E-state index contributed by atoms with van der Waals surface area (Å²) in [5.74, 6) is 0. The van der Waals surface area contributed by atoms with E-state index in [1.807, 2.05) is 0 Å². The molecule has 32 heavy (non-hydrogen) atoms. The molecular formula is C30H36P2. The van der Waals surface area contributed by atoms with Gasteiger partial charge in [0.05, 0.1) is 49.1 Å². The summed E-state index contributed by atoms with van der Waals surface area (Å²) in [4.78, 5) is 0. The van der Waals surface area contributed by atoms with Crippen LogP contribution >= 0.6 is 14.5 Å². The lowest BCUT2D eigenvalue weighted by atomic mass is 10.4. The lowest BCUT2D eigenvalue weighted by Crippen LogP contribution is -2.30. The lowest BCUT2D eigenvalue weighted by Gasteiger charge is -2.28. The van der Waals surface area contributed by atoms with Crippen molar-refractivity contribution in [3.63, 3.8) is 0 Å². The number of hydrogen-bond donors (Lipinski definition) is 0. The molecule has 0 radical (unpaired) electrons. The highest BCUT2D eigenvalue weighted by molar-refractivity contribution is 7.92. The second-order valence-electron chi connectivity index (χ2n) is 8.17. The van der Waals surface area contributed by atoms with E-state index in [1.165, 1.54) is 33.5 Å². The Bertz CT molecular complexity index is 877. The van der Waals surface area contributed by atoms with E-state index in [9.17, 15) is 0 Å². The summed E-state index contributed by atoms with van der Waals surface area (Å²) in [6.45, 7) is 5.05. The molecule has 4 aromatic carbocycles. The van der Waals surface area contributed by atoms with Gasteiger partial charge in [-0.1, -0.05) is 72.8 Å². The van der Waals surface area contributed by atoms with Crippen LogP contribution in [0.5, 0.6) is 0 Å². The van der Waals surface area contributed by atoms with Crippen LogP contribution in [0.25, 0.3) is 0 Å². The van der Waals surface area contributed by atoms with Crippen LogP contribution in [-0.4, -0.2) is 25.7 Å². The smallest absolute Gasteiger partial charge is 0.103 e. The number of rotatable bonds is 7. The van der Waals surface area contributed by atoms with Crippen molar-refractivity contribution in [1.82, 2.24) is 0 Å². The average molecular weight is 459 g/mol. The Hall–Kier alpha value is -2.26. The van der Waals surface area contributed by atoms with Gasteiger partial charge in [0.1, 0.15) is 12.3 Å². The minimum Gasteiger partial charge on any atom is -0.358 e. The first-order valence-corrected chi connectivity index (χ1v) is 15.4. The minimum atomic E-state index is -1.48. The zero-order valence-corrected chi connectivity index (χ0v) is 21.6. The third-order valence-electron chi connectivity index (χ3n) is 6.30. The summed E-state index contributed by atoms with van der Waals surface area (Å²) < 4.78 is 0. The molecule has 0 amide bonds. The summed E-state index contributed by atoms with van der Waals surface area (Å²) in [6.07, 6.45) is 2.43. The predicted molar refractivity (Wildman–Crippen MR) is 153 cm³/mol. The summed E-state index contributed by atoms with van der Waals surface area (Å²) >= 11 is 0. The quantitative estimate of drug-likeness (QED) is 0.220. The van der Waals surface area contributed by atoms with Crippen LogP contribution in [0.4, 0.5) is 0 Å². The van der Waals surface area contributed by atoms with Gasteiger partial charge < -0.3 is 14.9 Å². The Morgan fingerprint density at radius 2 is 0.562 bits per heavy atom. The Kier molecular flexibility index (Phi) is 9.39. The summed E-state index contributed by atoms with van der Waals surface area (Å²) in [7, 11) is -2.97. The van der Waals surface area contributed by atoms with Gasteiger partial charge in [0.2, 0.25) is 0 Å². The zero-order chi connectivity index (χ0) is 20.9. The Balaban J connectivity index is 0.00000181. The molecule has 0 aliphatic rings. The first-order chi connectivity index (χ1) is 14.6.